The molecule has 0 unspecified atom stereocenters. The number of carboxylic acid groups (broad SMARTS) is 1. The zero-order valence-corrected chi connectivity index (χ0v) is 43.8. The Balaban J connectivity index is 0.000000217. The van der Waals surface area contributed by atoms with Crippen LogP contribution in [0.4, 0.5) is 32.1 Å². The number of anilines is 4. The first-order valence-corrected chi connectivity index (χ1v) is 25.1. The molecule has 18 heteroatoms. The number of carboxylic acids is 1. The lowest BCUT2D eigenvalue weighted by Gasteiger charge is -2.40. The minimum absolute atomic E-state index is 0.0211. The molecule has 2 saturated heterocycles. The molecule has 6 aromatic rings. The van der Waals surface area contributed by atoms with E-state index in [2.05, 4.69) is 67.4 Å². The van der Waals surface area contributed by atoms with Gasteiger partial charge in [0.1, 0.15) is 34.9 Å². The Morgan fingerprint density at radius 3 is 1.39 bits per heavy atom. The highest BCUT2D eigenvalue weighted by Crippen LogP contribution is 2.39. The van der Waals surface area contributed by atoms with Gasteiger partial charge >= 0.3 is 11.9 Å². The molecule has 0 radical (unpaired) electrons. The zero-order valence-electron chi connectivity index (χ0n) is 43.8. The minimum Gasteiger partial charge on any atom is -0.481 e. The lowest BCUT2D eigenvalue weighted by molar-refractivity contribution is -0.158. The molecule has 0 aliphatic carbocycles. The lowest BCUT2D eigenvalue weighted by Crippen LogP contribution is -2.48. The number of aryl methyl sites for hydroxylation is 2. The van der Waals surface area contributed by atoms with Gasteiger partial charge in [0.25, 0.3) is 11.8 Å². The van der Waals surface area contributed by atoms with Crippen molar-refractivity contribution in [2.45, 2.75) is 112 Å². The van der Waals surface area contributed by atoms with Gasteiger partial charge < -0.3 is 30.3 Å². The Bertz CT molecular complexity index is 2980. The summed E-state index contributed by atoms with van der Waals surface area (Å²) in [7, 11) is 0. The number of carbonyl (C=O) groups is 4. The van der Waals surface area contributed by atoms with Crippen molar-refractivity contribution in [3.05, 3.63) is 143 Å². The number of hydrogen-bond acceptors (Lipinski definition) is 11. The van der Waals surface area contributed by atoms with Crippen LogP contribution >= 0.6 is 0 Å². The second-order valence-corrected chi connectivity index (χ2v) is 21.3. The highest BCUT2D eigenvalue weighted by atomic mass is 19.1. The van der Waals surface area contributed by atoms with Gasteiger partial charge in [-0.2, -0.15) is 10.2 Å². The molecule has 2 fully saturated rings. The van der Waals surface area contributed by atoms with Crippen molar-refractivity contribution in [3.63, 3.8) is 0 Å². The summed E-state index contributed by atoms with van der Waals surface area (Å²) in [4.78, 5) is 64.2. The standard InChI is InChI=1S/C29H36FN5O3.C27H32FN5O3/c1-6-38-27(37)29(14-17-34(18-15-29)26(36)22-11-7-9-20(2)25(22)30)19-21-10-8-12-23(32-21)33-24-13-16-31-35(24)28(3,4)5;1-18-7-5-9-20(23(18)28)24(34)32-15-12-27(13-16-32,25(35)36)17-19-8-6-10-21(30-19)31-22-11-14-29-33(22)26(2,3)4/h7-13,16H,6,14-15,17-19H2,1-5H3,(H,32,33);5-11,14H,12-13,15-17H2,1-4H3,(H,30,31)(H,35,36). The Hall–Kier alpha value is -7.50. The number of nitrogens with zero attached hydrogens (tertiary/aromatic N) is 8. The largest absolute Gasteiger partial charge is 0.481 e. The number of likely N-dealkylation sites (tertiary alicyclic amines) is 2. The number of benzene rings is 2. The maximum absolute atomic E-state index is 14.6. The van der Waals surface area contributed by atoms with E-state index in [9.17, 15) is 33.1 Å². The molecule has 4 aromatic heterocycles. The molecule has 2 aromatic carbocycles. The third kappa shape index (κ3) is 12.3. The lowest BCUT2D eigenvalue weighted by atomic mass is 9.74. The maximum atomic E-state index is 14.6. The van der Waals surface area contributed by atoms with Gasteiger partial charge in [0.2, 0.25) is 0 Å². The molecule has 74 heavy (non-hydrogen) atoms. The van der Waals surface area contributed by atoms with Crippen molar-refractivity contribution in [1.29, 1.82) is 0 Å². The molecule has 392 valence electrons. The predicted molar refractivity (Wildman–Crippen MR) is 279 cm³/mol. The van der Waals surface area contributed by atoms with E-state index in [4.69, 9.17) is 9.72 Å². The molecular weight excluding hydrogens is 947 g/mol. The number of halogens is 2. The van der Waals surface area contributed by atoms with Gasteiger partial charge in [-0.25, -0.2) is 28.1 Å². The van der Waals surface area contributed by atoms with Crippen LogP contribution in [0.5, 0.6) is 0 Å². The molecule has 0 bridgehead atoms. The third-order valence-corrected chi connectivity index (χ3v) is 13.7. The number of hydrogen-bond donors (Lipinski definition) is 3. The van der Waals surface area contributed by atoms with Gasteiger partial charge in [-0.15, -0.1) is 0 Å². The van der Waals surface area contributed by atoms with Gasteiger partial charge in [0, 0.05) is 62.5 Å². The van der Waals surface area contributed by atoms with E-state index in [-0.39, 0.29) is 73.0 Å². The van der Waals surface area contributed by atoms with Crippen molar-refractivity contribution in [2.24, 2.45) is 10.8 Å². The average molecular weight is 1020 g/mol. The molecule has 2 aliphatic heterocycles. The summed E-state index contributed by atoms with van der Waals surface area (Å²) >= 11 is 0. The molecule has 3 N–H and O–H groups in total. The van der Waals surface area contributed by atoms with E-state index in [1.165, 1.54) is 17.0 Å². The van der Waals surface area contributed by atoms with Crippen molar-refractivity contribution >= 4 is 47.0 Å². The second kappa shape index (κ2) is 22.3. The number of nitrogens with one attached hydrogen (secondary N) is 2. The van der Waals surface area contributed by atoms with Gasteiger partial charge in [-0.1, -0.05) is 36.4 Å². The average Bonchev–Trinajstić information content (AvgIpc) is 4.04. The van der Waals surface area contributed by atoms with E-state index >= 15 is 0 Å². The van der Waals surface area contributed by atoms with E-state index in [1.807, 2.05) is 57.9 Å². The summed E-state index contributed by atoms with van der Waals surface area (Å²) in [5.41, 5.74) is 0.00627. The Labute approximate surface area is 431 Å². The van der Waals surface area contributed by atoms with E-state index in [0.717, 1.165) is 17.3 Å². The normalized spacial score (nSPS) is 15.4. The molecule has 8 rings (SSSR count). The van der Waals surface area contributed by atoms with Crippen molar-refractivity contribution in [1.82, 2.24) is 39.3 Å². The summed E-state index contributed by atoms with van der Waals surface area (Å²) in [5, 5.41) is 25.6. The van der Waals surface area contributed by atoms with E-state index < -0.39 is 34.3 Å². The molecule has 2 aliphatic rings. The van der Waals surface area contributed by atoms with Gasteiger partial charge in [0.15, 0.2) is 0 Å². The fourth-order valence-electron chi connectivity index (χ4n) is 9.56. The van der Waals surface area contributed by atoms with Crippen molar-refractivity contribution in [3.8, 4) is 0 Å². The number of aromatic nitrogens is 6. The summed E-state index contributed by atoms with van der Waals surface area (Å²) in [6.45, 7) is 18.8. The van der Waals surface area contributed by atoms with Crippen LogP contribution in [0.2, 0.25) is 0 Å². The smallest absolute Gasteiger partial charge is 0.312 e. The number of amides is 2. The van der Waals surface area contributed by atoms with Crippen LogP contribution in [0.1, 0.15) is 117 Å². The maximum Gasteiger partial charge on any atom is 0.312 e. The van der Waals surface area contributed by atoms with Crippen LogP contribution in [0.15, 0.2) is 97.3 Å². The number of piperidine rings is 2. The molecule has 0 spiro atoms. The Morgan fingerprint density at radius 1 is 0.608 bits per heavy atom. The van der Waals surface area contributed by atoms with E-state index in [0.29, 0.717) is 60.8 Å². The van der Waals surface area contributed by atoms with Gasteiger partial charge in [-0.05, 0) is 136 Å². The van der Waals surface area contributed by atoms with Crippen LogP contribution < -0.4 is 10.6 Å². The summed E-state index contributed by atoms with van der Waals surface area (Å²) in [5.74, 6) is -0.148. The SMILES string of the molecule is CCOC(=O)C1(Cc2cccc(Nc3ccnn3C(C)(C)C)n2)CCN(C(=O)c2cccc(C)c2F)CC1.Cc1cccc(C(=O)N2CCC(Cc3cccc(Nc4ccnn4C(C)(C)C)n3)(C(=O)O)CC2)c1F. The van der Waals surface area contributed by atoms with Gasteiger partial charge in [0.05, 0.1) is 52.0 Å². The molecule has 6 heterocycles. The number of carbonyl (C=O) groups excluding carboxylic acids is 3. The molecule has 0 saturated carbocycles. The first-order chi connectivity index (χ1) is 35.0. The zero-order chi connectivity index (χ0) is 53.6. The highest BCUT2D eigenvalue weighted by molar-refractivity contribution is 5.95. The van der Waals surface area contributed by atoms with Crippen LogP contribution in [0.3, 0.4) is 0 Å². The fourth-order valence-corrected chi connectivity index (χ4v) is 9.56. The molecule has 0 atom stereocenters. The number of esters is 1. The first kappa shape index (κ1) is 54.3. The van der Waals surface area contributed by atoms with Gasteiger partial charge in [-0.3, -0.25) is 19.2 Å². The topological polar surface area (TPSA) is 190 Å². The Morgan fingerprint density at radius 2 is 1.00 bits per heavy atom. The predicted octanol–water partition coefficient (Wildman–Crippen LogP) is 10.0. The quantitative estimate of drug-likeness (QED) is 0.0930. The fraction of sp³-hybridized carbons (Fsp3) is 0.429. The number of rotatable bonds is 13. The van der Waals surface area contributed by atoms with Crippen LogP contribution in [0, 0.1) is 36.3 Å². The Kier molecular flexibility index (Phi) is 16.4. The monoisotopic (exact) mass is 1010 g/mol. The summed E-state index contributed by atoms with van der Waals surface area (Å²) < 4.78 is 38.3. The number of aliphatic carboxylic acids is 1. The first-order valence-electron chi connectivity index (χ1n) is 25.1. The third-order valence-electron chi connectivity index (χ3n) is 13.7. The molecule has 2 amide bonds. The van der Waals surface area contributed by atoms with E-state index in [1.54, 1.807) is 62.3 Å². The van der Waals surface area contributed by atoms with Crippen LogP contribution in [-0.2, 0) is 38.2 Å². The van der Waals surface area contributed by atoms with Crippen molar-refractivity contribution in [2.75, 3.05) is 43.4 Å². The summed E-state index contributed by atoms with van der Waals surface area (Å²) in [6, 6.07) is 24.5. The molecule has 16 nitrogen and oxygen atoms in total. The minimum atomic E-state index is -1.05. The van der Waals surface area contributed by atoms with Crippen LogP contribution in [0.25, 0.3) is 0 Å². The number of pyridine rings is 2. The summed E-state index contributed by atoms with van der Waals surface area (Å²) in [6.07, 6.45) is 5.40. The highest BCUT2D eigenvalue weighted by Gasteiger charge is 2.45. The molecular formula is C56H68F2N10O6. The van der Waals surface area contributed by atoms with Crippen LogP contribution in [-0.4, -0.2) is 101 Å². The second-order valence-electron chi connectivity index (χ2n) is 21.3. The van der Waals surface area contributed by atoms with Crippen molar-refractivity contribution < 1.29 is 37.8 Å². The number of ether oxygens (including phenoxy) is 1.